The smallest absolute Gasteiger partial charge is 0.270 e. The summed E-state index contributed by atoms with van der Waals surface area (Å²) in [6.45, 7) is 3.32. The molecule has 0 radical (unpaired) electrons. The van der Waals surface area contributed by atoms with Gasteiger partial charge in [0.2, 0.25) is 0 Å². The molecule has 1 aromatic heterocycles. The van der Waals surface area contributed by atoms with Gasteiger partial charge >= 0.3 is 0 Å². The van der Waals surface area contributed by atoms with E-state index in [1.807, 2.05) is 11.4 Å². The fourth-order valence-electron chi connectivity index (χ4n) is 3.74. The van der Waals surface area contributed by atoms with Crippen LogP contribution in [-0.4, -0.2) is 57.0 Å². The zero-order valence-electron chi connectivity index (χ0n) is 18.6. The maximum Gasteiger partial charge on any atom is 0.270 e. The lowest BCUT2D eigenvalue weighted by Crippen LogP contribution is -2.43. The normalized spacial score (nSPS) is 15.3. The third-order valence-corrected chi connectivity index (χ3v) is 7.90. The molecule has 0 saturated carbocycles. The van der Waals surface area contributed by atoms with Crippen LogP contribution in [0.4, 0.5) is 11.4 Å². The van der Waals surface area contributed by atoms with Crippen molar-refractivity contribution in [1.29, 1.82) is 0 Å². The van der Waals surface area contributed by atoms with Crippen LogP contribution in [0.3, 0.4) is 0 Å². The fraction of sp³-hybridized carbons (Fsp3) is 0.261. The average Bonchev–Trinajstić information content (AvgIpc) is 3.40. The minimum Gasteiger partial charge on any atom is -0.379 e. The van der Waals surface area contributed by atoms with Gasteiger partial charge in [0.1, 0.15) is 0 Å². The highest BCUT2D eigenvalue weighted by Crippen LogP contribution is 2.26. The van der Waals surface area contributed by atoms with Crippen LogP contribution in [0.5, 0.6) is 0 Å². The number of non-ortho nitro benzene ring substituents is 1. The highest BCUT2D eigenvalue weighted by molar-refractivity contribution is 7.92. The number of nitro groups is 1. The number of carbonyl (C=O) groups is 1. The molecule has 10 nitrogen and oxygen atoms in total. The number of anilines is 1. The lowest BCUT2D eigenvalue weighted by atomic mass is 10.1. The van der Waals surface area contributed by atoms with Gasteiger partial charge in [-0.05, 0) is 41.8 Å². The SMILES string of the molecule is O=C(NCC(c1cccs1)N1CCOCC1)c1ccc(NS(=O)(=O)c2cccc([N+](=O)[O-])c2)cc1. The molecule has 12 heteroatoms. The van der Waals surface area contributed by atoms with Crippen molar-refractivity contribution in [2.24, 2.45) is 0 Å². The summed E-state index contributed by atoms with van der Waals surface area (Å²) in [7, 11) is -4.03. The van der Waals surface area contributed by atoms with Gasteiger partial charge in [-0.25, -0.2) is 8.42 Å². The molecule has 2 heterocycles. The second kappa shape index (κ2) is 11.0. The molecule has 0 spiro atoms. The van der Waals surface area contributed by atoms with Gasteiger partial charge in [-0.3, -0.25) is 24.5 Å². The molecular weight excluding hydrogens is 492 g/mol. The molecule has 0 aliphatic carbocycles. The predicted octanol–water partition coefficient (Wildman–Crippen LogP) is 3.26. The van der Waals surface area contributed by atoms with Gasteiger partial charge in [0.15, 0.2) is 0 Å². The van der Waals surface area contributed by atoms with Crippen LogP contribution in [0.1, 0.15) is 21.3 Å². The number of hydrogen-bond donors (Lipinski definition) is 2. The molecule has 1 aliphatic heterocycles. The van der Waals surface area contributed by atoms with E-state index in [9.17, 15) is 23.3 Å². The average molecular weight is 517 g/mol. The van der Waals surface area contributed by atoms with Crippen LogP contribution in [0.25, 0.3) is 0 Å². The number of nitro benzene ring substituents is 1. The van der Waals surface area contributed by atoms with Crippen molar-refractivity contribution in [1.82, 2.24) is 10.2 Å². The van der Waals surface area contributed by atoms with E-state index in [4.69, 9.17) is 4.74 Å². The molecule has 1 unspecified atom stereocenters. The number of sulfonamides is 1. The van der Waals surface area contributed by atoms with E-state index < -0.39 is 14.9 Å². The molecule has 0 bridgehead atoms. The summed E-state index contributed by atoms with van der Waals surface area (Å²) in [5.74, 6) is -0.270. The van der Waals surface area contributed by atoms with Crippen LogP contribution >= 0.6 is 11.3 Å². The molecule has 35 heavy (non-hydrogen) atoms. The largest absolute Gasteiger partial charge is 0.379 e. The summed E-state index contributed by atoms with van der Waals surface area (Å²) in [6, 6.07) is 14.9. The molecule has 1 saturated heterocycles. The van der Waals surface area contributed by atoms with Gasteiger partial charge in [-0.2, -0.15) is 0 Å². The molecule has 1 atom stereocenters. The Morgan fingerprint density at radius 2 is 1.86 bits per heavy atom. The lowest BCUT2D eigenvalue weighted by Gasteiger charge is -2.34. The third-order valence-electron chi connectivity index (χ3n) is 5.55. The van der Waals surface area contributed by atoms with E-state index in [2.05, 4.69) is 21.0 Å². The van der Waals surface area contributed by atoms with Gasteiger partial charge in [0.05, 0.1) is 29.1 Å². The Kier molecular flexibility index (Phi) is 7.76. The molecule has 4 rings (SSSR count). The molecule has 3 aromatic rings. The van der Waals surface area contributed by atoms with Crippen molar-refractivity contribution in [2.75, 3.05) is 37.6 Å². The van der Waals surface area contributed by atoms with E-state index in [1.54, 1.807) is 11.3 Å². The first-order valence-electron chi connectivity index (χ1n) is 10.8. The second-order valence-corrected chi connectivity index (χ2v) is 10.5. The number of amides is 1. The molecule has 1 aliphatic rings. The molecule has 1 fully saturated rings. The highest BCUT2D eigenvalue weighted by atomic mass is 32.2. The minimum atomic E-state index is -4.03. The van der Waals surface area contributed by atoms with Crippen molar-refractivity contribution in [3.05, 3.63) is 86.6 Å². The summed E-state index contributed by atoms with van der Waals surface area (Å²) < 4.78 is 33.0. The summed E-state index contributed by atoms with van der Waals surface area (Å²) in [5, 5.41) is 15.9. The summed E-state index contributed by atoms with van der Waals surface area (Å²) >= 11 is 1.64. The van der Waals surface area contributed by atoms with E-state index in [-0.39, 0.29) is 28.2 Å². The maximum absolute atomic E-state index is 12.8. The molecule has 2 N–H and O–H groups in total. The first-order chi connectivity index (χ1) is 16.8. The number of nitrogens with one attached hydrogen (secondary N) is 2. The Morgan fingerprint density at radius 1 is 1.11 bits per heavy atom. The van der Waals surface area contributed by atoms with Crippen LogP contribution in [-0.2, 0) is 14.8 Å². The van der Waals surface area contributed by atoms with Gasteiger partial charge in [0, 0.05) is 47.9 Å². The van der Waals surface area contributed by atoms with E-state index in [1.165, 1.54) is 42.5 Å². The first kappa shape index (κ1) is 24.8. The third kappa shape index (κ3) is 6.22. The number of thiophene rings is 1. The van der Waals surface area contributed by atoms with Crippen LogP contribution in [0.2, 0.25) is 0 Å². The van der Waals surface area contributed by atoms with E-state index in [0.29, 0.717) is 25.3 Å². The van der Waals surface area contributed by atoms with E-state index >= 15 is 0 Å². The molecule has 2 aromatic carbocycles. The Balaban J connectivity index is 1.40. The Morgan fingerprint density at radius 3 is 2.51 bits per heavy atom. The highest BCUT2D eigenvalue weighted by Gasteiger charge is 2.24. The summed E-state index contributed by atoms with van der Waals surface area (Å²) in [5.41, 5.74) is 0.297. The monoisotopic (exact) mass is 516 g/mol. The van der Waals surface area contributed by atoms with Gasteiger partial charge < -0.3 is 10.1 Å². The zero-order valence-corrected chi connectivity index (χ0v) is 20.3. The van der Waals surface area contributed by atoms with Crippen molar-refractivity contribution in [2.45, 2.75) is 10.9 Å². The van der Waals surface area contributed by atoms with E-state index in [0.717, 1.165) is 24.0 Å². The Hall–Kier alpha value is -3.32. The number of benzene rings is 2. The lowest BCUT2D eigenvalue weighted by molar-refractivity contribution is -0.385. The number of morpholine rings is 1. The number of nitrogens with zero attached hydrogens (tertiary/aromatic N) is 2. The molecule has 1 amide bonds. The van der Waals surface area contributed by atoms with Crippen LogP contribution in [0, 0.1) is 10.1 Å². The van der Waals surface area contributed by atoms with Gasteiger partial charge in [-0.1, -0.05) is 12.1 Å². The standard InChI is InChI=1S/C23H24N4O6S2/c28-23(24-16-21(22-5-2-14-34-22)26-10-12-33-13-11-26)17-6-8-18(9-7-17)25-35(31,32)20-4-1-3-19(15-20)27(29)30/h1-9,14-15,21,25H,10-13,16H2,(H,24,28). The Labute approximate surface area is 206 Å². The molecular formula is C23H24N4O6S2. The number of hydrogen-bond acceptors (Lipinski definition) is 8. The summed E-state index contributed by atoms with van der Waals surface area (Å²) in [4.78, 5) is 26.3. The summed E-state index contributed by atoms with van der Waals surface area (Å²) in [6.07, 6.45) is 0. The van der Waals surface area contributed by atoms with Crippen LogP contribution < -0.4 is 10.0 Å². The zero-order chi connectivity index (χ0) is 24.8. The second-order valence-electron chi connectivity index (χ2n) is 7.83. The maximum atomic E-state index is 12.8. The minimum absolute atomic E-state index is 0.0452. The predicted molar refractivity (Wildman–Crippen MR) is 132 cm³/mol. The quantitative estimate of drug-likeness (QED) is 0.330. The van der Waals surface area contributed by atoms with Gasteiger partial charge in [-0.15, -0.1) is 11.3 Å². The van der Waals surface area contributed by atoms with Crippen molar-refractivity contribution >= 4 is 38.6 Å². The number of rotatable bonds is 9. The number of ether oxygens (including phenoxy) is 1. The number of carbonyl (C=O) groups excluding carboxylic acids is 1. The van der Waals surface area contributed by atoms with Crippen molar-refractivity contribution < 1.29 is 22.9 Å². The molecule has 184 valence electrons. The van der Waals surface area contributed by atoms with Gasteiger partial charge in [0.25, 0.3) is 21.6 Å². The van der Waals surface area contributed by atoms with Crippen molar-refractivity contribution in [3.8, 4) is 0 Å². The van der Waals surface area contributed by atoms with Crippen LogP contribution in [0.15, 0.2) is 70.9 Å². The first-order valence-corrected chi connectivity index (χ1v) is 13.2. The fourth-order valence-corrected chi connectivity index (χ4v) is 5.70. The van der Waals surface area contributed by atoms with Crippen molar-refractivity contribution in [3.63, 3.8) is 0 Å². The topological polar surface area (TPSA) is 131 Å². The Bertz CT molecular complexity index is 1270.